The van der Waals surface area contributed by atoms with Crippen LogP contribution in [-0.2, 0) is 10.2 Å². The van der Waals surface area contributed by atoms with Gasteiger partial charge >= 0.3 is 0 Å². The Morgan fingerprint density at radius 1 is 1.50 bits per heavy atom. The smallest absolute Gasteiger partial charge is 0.281 e. The number of ether oxygens (including phenoxy) is 1. The molecule has 6 nitrogen and oxygen atoms in total. The van der Waals surface area contributed by atoms with Crippen LogP contribution in [0.3, 0.4) is 0 Å². The molecule has 1 aliphatic heterocycles. The lowest BCUT2D eigenvalue weighted by molar-refractivity contribution is 0.0688. The molecule has 0 atom stereocenters. The third-order valence-electron chi connectivity index (χ3n) is 2.61. The van der Waals surface area contributed by atoms with Crippen molar-refractivity contribution in [1.29, 1.82) is 0 Å². The molecule has 18 heavy (non-hydrogen) atoms. The summed E-state index contributed by atoms with van der Waals surface area (Å²) in [6.45, 7) is 0.626. The van der Waals surface area contributed by atoms with Gasteiger partial charge in [-0.05, 0) is 12.1 Å². The van der Waals surface area contributed by atoms with Crippen LogP contribution in [0.25, 0.3) is 0 Å². The van der Waals surface area contributed by atoms with E-state index in [1.165, 1.54) is 22.7 Å². The van der Waals surface area contributed by atoms with Crippen molar-refractivity contribution in [3.8, 4) is 5.88 Å². The Morgan fingerprint density at radius 2 is 2.17 bits per heavy atom. The third kappa shape index (κ3) is 2.59. The van der Waals surface area contributed by atoms with E-state index in [1.807, 2.05) is 0 Å². The molecule has 100 valence electrons. The zero-order valence-corrected chi connectivity index (χ0v) is 11.6. The van der Waals surface area contributed by atoms with Crippen LogP contribution in [-0.4, -0.2) is 55.3 Å². The van der Waals surface area contributed by atoms with E-state index in [0.717, 1.165) is 0 Å². The lowest BCUT2D eigenvalue weighted by Gasteiger charge is -2.38. The van der Waals surface area contributed by atoms with Crippen molar-refractivity contribution in [2.75, 3.05) is 27.2 Å². The number of rotatable bonds is 4. The van der Waals surface area contributed by atoms with Crippen LogP contribution in [0.5, 0.6) is 5.88 Å². The van der Waals surface area contributed by atoms with Crippen LogP contribution in [0.2, 0.25) is 5.02 Å². The number of hydrogen-bond donors (Lipinski definition) is 0. The van der Waals surface area contributed by atoms with Crippen molar-refractivity contribution >= 4 is 21.8 Å². The van der Waals surface area contributed by atoms with Gasteiger partial charge in [-0.1, -0.05) is 11.6 Å². The van der Waals surface area contributed by atoms with Crippen molar-refractivity contribution in [2.24, 2.45) is 0 Å². The number of hydrogen-bond acceptors (Lipinski definition) is 4. The summed E-state index contributed by atoms with van der Waals surface area (Å²) in [7, 11) is -0.344. The number of aromatic nitrogens is 1. The molecule has 0 N–H and O–H groups in total. The fourth-order valence-electron chi connectivity index (χ4n) is 1.51. The summed E-state index contributed by atoms with van der Waals surface area (Å²) >= 11 is 5.90. The van der Waals surface area contributed by atoms with Gasteiger partial charge in [0.1, 0.15) is 11.1 Å². The van der Waals surface area contributed by atoms with Crippen molar-refractivity contribution in [1.82, 2.24) is 13.6 Å². The zero-order chi connectivity index (χ0) is 13.3. The molecule has 1 aromatic heterocycles. The molecule has 2 heterocycles. The molecular formula is C10H14ClN3O3S. The third-order valence-corrected chi connectivity index (χ3v) is 4.77. The standard InChI is InChI=1S/C10H14ClN3O3S/c1-13(2)18(15,16)14-6-8(7-14)17-10-9(11)4-3-5-12-10/h3-5,8H,6-7H2,1-2H3. The largest absolute Gasteiger partial charge is 0.470 e. The summed E-state index contributed by atoms with van der Waals surface area (Å²) in [4.78, 5) is 3.99. The average Bonchev–Trinajstić information content (AvgIpc) is 2.24. The zero-order valence-electron chi connectivity index (χ0n) is 10.1. The number of pyridine rings is 1. The minimum atomic E-state index is -3.34. The first-order chi connectivity index (χ1) is 8.41. The van der Waals surface area contributed by atoms with E-state index in [9.17, 15) is 8.42 Å². The summed E-state index contributed by atoms with van der Waals surface area (Å²) in [5.74, 6) is 0.339. The summed E-state index contributed by atoms with van der Waals surface area (Å²) in [6.07, 6.45) is 1.38. The summed E-state index contributed by atoms with van der Waals surface area (Å²) in [5, 5.41) is 0.423. The second kappa shape index (κ2) is 5.00. The molecule has 1 saturated heterocycles. The molecule has 0 bridgehead atoms. The van der Waals surface area contributed by atoms with Crippen LogP contribution in [0, 0.1) is 0 Å². The topological polar surface area (TPSA) is 62.7 Å². The Balaban J connectivity index is 1.93. The molecule has 1 aliphatic rings. The first-order valence-corrected chi connectivity index (χ1v) is 7.13. The van der Waals surface area contributed by atoms with Gasteiger partial charge in [-0.2, -0.15) is 17.0 Å². The predicted molar refractivity (Wildman–Crippen MR) is 67.8 cm³/mol. The van der Waals surface area contributed by atoms with Crippen molar-refractivity contribution < 1.29 is 13.2 Å². The molecule has 0 radical (unpaired) electrons. The van der Waals surface area contributed by atoms with Gasteiger partial charge in [0.2, 0.25) is 5.88 Å². The molecule has 0 amide bonds. The molecule has 0 spiro atoms. The number of nitrogens with zero attached hydrogens (tertiary/aromatic N) is 3. The molecule has 0 saturated carbocycles. The molecule has 0 unspecified atom stereocenters. The maximum Gasteiger partial charge on any atom is 0.281 e. The fraction of sp³-hybridized carbons (Fsp3) is 0.500. The van der Waals surface area contributed by atoms with E-state index < -0.39 is 10.2 Å². The minimum Gasteiger partial charge on any atom is -0.470 e. The second-order valence-electron chi connectivity index (χ2n) is 4.14. The Kier molecular flexibility index (Phi) is 3.76. The van der Waals surface area contributed by atoms with Gasteiger partial charge in [-0.15, -0.1) is 0 Å². The molecule has 1 aromatic rings. The van der Waals surface area contributed by atoms with Gasteiger partial charge in [-0.3, -0.25) is 0 Å². The molecule has 0 aromatic carbocycles. The lowest BCUT2D eigenvalue weighted by Crippen LogP contribution is -2.58. The fourth-order valence-corrected chi connectivity index (χ4v) is 2.85. The van der Waals surface area contributed by atoms with Gasteiger partial charge in [0.25, 0.3) is 10.2 Å². The van der Waals surface area contributed by atoms with E-state index in [1.54, 1.807) is 18.3 Å². The highest BCUT2D eigenvalue weighted by Gasteiger charge is 2.38. The first kappa shape index (κ1) is 13.5. The minimum absolute atomic E-state index is 0.202. The van der Waals surface area contributed by atoms with Crippen molar-refractivity contribution in [3.63, 3.8) is 0 Å². The maximum absolute atomic E-state index is 11.7. The Bertz CT molecular complexity index is 529. The van der Waals surface area contributed by atoms with E-state index in [2.05, 4.69) is 4.98 Å². The van der Waals surface area contributed by atoms with E-state index in [4.69, 9.17) is 16.3 Å². The molecule has 0 aliphatic carbocycles. The van der Waals surface area contributed by atoms with Gasteiger partial charge in [0.05, 0.1) is 13.1 Å². The van der Waals surface area contributed by atoms with Crippen LogP contribution in [0.15, 0.2) is 18.3 Å². The van der Waals surface area contributed by atoms with E-state index in [-0.39, 0.29) is 6.10 Å². The van der Waals surface area contributed by atoms with Crippen LogP contribution in [0.1, 0.15) is 0 Å². The van der Waals surface area contributed by atoms with Crippen LogP contribution >= 0.6 is 11.6 Å². The SMILES string of the molecule is CN(C)S(=O)(=O)N1CC(Oc2ncccc2Cl)C1. The van der Waals surface area contributed by atoms with Gasteiger partial charge < -0.3 is 4.74 Å². The van der Waals surface area contributed by atoms with Crippen molar-refractivity contribution in [3.05, 3.63) is 23.4 Å². The monoisotopic (exact) mass is 291 g/mol. The van der Waals surface area contributed by atoms with E-state index in [0.29, 0.717) is 24.0 Å². The van der Waals surface area contributed by atoms with Crippen LogP contribution < -0.4 is 4.74 Å². The van der Waals surface area contributed by atoms with Gasteiger partial charge in [0.15, 0.2) is 0 Å². The quantitative estimate of drug-likeness (QED) is 0.815. The highest BCUT2D eigenvalue weighted by molar-refractivity contribution is 7.86. The Hall–Kier alpha value is -0.890. The maximum atomic E-state index is 11.7. The van der Waals surface area contributed by atoms with E-state index >= 15 is 0 Å². The highest BCUT2D eigenvalue weighted by atomic mass is 35.5. The summed E-state index contributed by atoms with van der Waals surface area (Å²) in [5.41, 5.74) is 0. The van der Waals surface area contributed by atoms with Gasteiger partial charge in [0, 0.05) is 20.3 Å². The molecule has 2 rings (SSSR count). The average molecular weight is 292 g/mol. The predicted octanol–water partition coefficient (Wildman–Crippen LogP) is 0.604. The second-order valence-corrected chi connectivity index (χ2v) is 6.69. The highest BCUT2D eigenvalue weighted by Crippen LogP contribution is 2.25. The Morgan fingerprint density at radius 3 is 2.72 bits per heavy atom. The number of halogens is 1. The first-order valence-electron chi connectivity index (χ1n) is 5.36. The van der Waals surface area contributed by atoms with Crippen molar-refractivity contribution in [2.45, 2.75) is 6.10 Å². The Labute approximate surface area is 111 Å². The lowest BCUT2D eigenvalue weighted by atomic mass is 10.2. The molecule has 8 heteroatoms. The molecular weight excluding hydrogens is 278 g/mol. The summed E-state index contributed by atoms with van der Waals surface area (Å²) < 4.78 is 31.5. The van der Waals surface area contributed by atoms with Crippen LogP contribution in [0.4, 0.5) is 0 Å². The normalized spacial score (nSPS) is 17.8. The van der Waals surface area contributed by atoms with Gasteiger partial charge in [-0.25, -0.2) is 4.98 Å². The molecule has 1 fully saturated rings. The summed E-state index contributed by atoms with van der Waals surface area (Å²) in [6, 6.07) is 3.38.